The number of hydrogen-bond donors (Lipinski definition) is 1. The summed E-state index contributed by atoms with van der Waals surface area (Å²) in [6.45, 7) is 5.64. The van der Waals surface area contributed by atoms with Crippen molar-refractivity contribution in [3.05, 3.63) is 56.8 Å². The van der Waals surface area contributed by atoms with Crippen molar-refractivity contribution in [2.75, 3.05) is 13.7 Å². The number of dihydropyridines is 1. The van der Waals surface area contributed by atoms with Crippen LogP contribution < -0.4 is 5.32 Å². The SMILES string of the molecule is CCOC(=O)C1=C(C)NC2=C(C(=O)[C@@H](C(=O)OC)[C@H](C)C2)[C@H]1c1ccc(Br)cc1. The van der Waals surface area contributed by atoms with E-state index in [-0.39, 0.29) is 18.3 Å². The van der Waals surface area contributed by atoms with Crippen LogP contribution in [-0.2, 0) is 23.9 Å². The summed E-state index contributed by atoms with van der Waals surface area (Å²) in [6, 6.07) is 7.47. The topological polar surface area (TPSA) is 81.7 Å². The molecule has 1 aliphatic heterocycles. The number of carbonyl (C=O) groups is 3. The molecular weight excluding hydrogens is 438 g/mol. The zero-order chi connectivity index (χ0) is 21.3. The fraction of sp³-hybridized carbons (Fsp3) is 0.409. The molecule has 0 unspecified atom stereocenters. The van der Waals surface area contributed by atoms with Gasteiger partial charge in [0.25, 0.3) is 0 Å². The summed E-state index contributed by atoms with van der Waals surface area (Å²) in [6.07, 6.45) is 0.515. The van der Waals surface area contributed by atoms with Gasteiger partial charge in [0.2, 0.25) is 0 Å². The van der Waals surface area contributed by atoms with E-state index in [0.717, 1.165) is 15.7 Å². The standard InChI is InChI=1S/C22H24BrNO5/c1-5-29-22(27)17-12(3)24-15-10-11(2)16(21(26)28-4)20(25)19(15)18(17)13-6-8-14(23)9-7-13/h6-9,11,16,18,24H,5,10H2,1-4H3/t11-,16+,18+/m1/s1. The fourth-order valence-electron chi connectivity index (χ4n) is 4.15. The molecule has 7 heteroatoms. The largest absolute Gasteiger partial charge is 0.468 e. The number of Topliss-reactive ketones (excluding diaryl/α,β-unsaturated/α-hetero) is 1. The maximum Gasteiger partial charge on any atom is 0.336 e. The van der Waals surface area contributed by atoms with Crippen LogP contribution in [0.25, 0.3) is 0 Å². The normalized spacial score (nSPS) is 24.0. The van der Waals surface area contributed by atoms with Crippen molar-refractivity contribution >= 4 is 33.7 Å². The molecule has 0 saturated carbocycles. The fourth-order valence-corrected chi connectivity index (χ4v) is 4.41. The minimum atomic E-state index is -0.889. The highest BCUT2D eigenvalue weighted by Gasteiger charge is 2.47. The molecule has 29 heavy (non-hydrogen) atoms. The van der Waals surface area contributed by atoms with Crippen LogP contribution in [0.3, 0.4) is 0 Å². The predicted octanol–water partition coefficient (Wildman–Crippen LogP) is 3.63. The molecule has 0 fully saturated rings. The van der Waals surface area contributed by atoms with Gasteiger partial charge in [0, 0.05) is 27.4 Å². The van der Waals surface area contributed by atoms with E-state index >= 15 is 0 Å². The van der Waals surface area contributed by atoms with E-state index in [2.05, 4.69) is 21.2 Å². The number of esters is 2. The van der Waals surface area contributed by atoms with Gasteiger partial charge in [-0.15, -0.1) is 0 Å². The Hall–Kier alpha value is -2.41. The predicted molar refractivity (Wildman–Crippen MR) is 111 cm³/mol. The summed E-state index contributed by atoms with van der Waals surface area (Å²) in [7, 11) is 1.28. The Bertz CT molecular complexity index is 916. The van der Waals surface area contributed by atoms with Crippen LogP contribution in [-0.4, -0.2) is 31.4 Å². The molecule has 1 heterocycles. The maximum absolute atomic E-state index is 13.5. The Morgan fingerprint density at radius 1 is 1.24 bits per heavy atom. The van der Waals surface area contributed by atoms with E-state index in [1.54, 1.807) is 6.92 Å². The van der Waals surface area contributed by atoms with Crippen LogP contribution in [0.15, 0.2) is 51.3 Å². The molecule has 154 valence electrons. The van der Waals surface area contributed by atoms with Crippen molar-refractivity contribution in [2.45, 2.75) is 33.1 Å². The number of carbonyl (C=O) groups excluding carboxylic acids is 3. The monoisotopic (exact) mass is 461 g/mol. The molecule has 0 bridgehead atoms. The van der Waals surface area contributed by atoms with Crippen molar-refractivity contribution in [3.8, 4) is 0 Å². The average molecular weight is 462 g/mol. The van der Waals surface area contributed by atoms with Crippen LogP contribution in [0.5, 0.6) is 0 Å². The van der Waals surface area contributed by atoms with Gasteiger partial charge in [0.15, 0.2) is 5.78 Å². The quantitative estimate of drug-likeness (QED) is 0.544. The molecule has 1 aromatic rings. The number of ketones is 1. The Morgan fingerprint density at radius 2 is 1.90 bits per heavy atom. The van der Waals surface area contributed by atoms with Crippen molar-refractivity contribution in [1.29, 1.82) is 0 Å². The Balaban J connectivity index is 2.18. The minimum absolute atomic E-state index is 0.205. The first-order valence-electron chi connectivity index (χ1n) is 9.55. The van der Waals surface area contributed by atoms with Gasteiger partial charge in [-0.2, -0.15) is 0 Å². The van der Waals surface area contributed by atoms with E-state index in [1.165, 1.54) is 7.11 Å². The molecule has 0 amide bonds. The molecule has 3 rings (SSSR count). The lowest BCUT2D eigenvalue weighted by Gasteiger charge is -2.38. The third-order valence-corrected chi connectivity index (χ3v) is 5.97. The smallest absolute Gasteiger partial charge is 0.336 e. The van der Waals surface area contributed by atoms with Crippen LogP contribution in [0.1, 0.15) is 38.7 Å². The second kappa shape index (κ2) is 8.53. The molecular formula is C22H24BrNO5. The highest BCUT2D eigenvalue weighted by molar-refractivity contribution is 9.10. The third kappa shape index (κ3) is 3.88. The lowest BCUT2D eigenvalue weighted by molar-refractivity contribution is -0.151. The van der Waals surface area contributed by atoms with Crippen molar-refractivity contribution in [2.24, 2.45) is 11.8 Å². The van der Waals surface area contributed by atoms with Crippen LogP contribution in [0, 0.1) is 11.8 Å². The molecule has 0 aromatic heterocycles. The number of ether oxygens (including phenoxy) is 2. The zero-order valence-corrected chi connectivity index (χ0v) is 18.5. The molecule has 0 radical (unpaired) electrons. The van der Waals surface area contributed by atoms with Crippen molar-refractivity contribution < 1.29 is 23.9 Å². The zero-order valence-electron chi connectivity index (χ0n) is 16.9. The van der Waals surface area contributed by atoms with Crippen molar-refractivity contribution in [1.82, 2.24) is 5.32 Å². The summed E-state index contributed by atoms with van der Waals surface area (Å²) in [5, 5.41) is 3.23. The number of benzene rings is 1. The van der Waals surface area contributed by atoms with E-state index < -0.39 is 23.8 Å². The second-order valence-corrected chi connectivity index (χ2v) is 8.22. The number of hydrogen-bond acceptors (Lipinski definition) is 6. The first-order chi connectivity index (χ1) is 13.8. The number of halogens is 1. The van der Waals surface area contributed by atoms with Gasteiger partial charge >= 0.3 is 11.9 Å². The highest BCUT2D eigenvalue weighted by Crippen LogP contribution is 2.45. The minimum Gasteiger partial charge on any atom is -0.468 e. The Labute approximate surface area is 178 Å². The van der Waals surface area contributed by atoms with Gasteiger partial charge in [-0.3, -0.25) is 9.59 Å². The van der Waals surface area contributed by atoms with Gasteiger partial charge in [0.05, 0.1) is 19.3 Å². The van der Waals surface area contributed by atoms with Gasteiger partial charge in [-0.05, 0) is 43.9 Å². The van der Waals surface area contributed by atoms with Gasteiger partial charge < -0.3 is 14.8 Å². The van der Waals surface area contributed by atoms with Crippen molar-refractivity contribution in [3.63, 3.8) is 0 Å². The number of rotatable bonds is 4. The second-order valence-electron chi connectivity index (χ2n) is 7.31. The maximum atomic E-state index is 13.5. The number of nitrogens with one attached hydrogen (secondary N) is 1. The van der Waals surface area contributed by atoms with E-state index in [1.807, 2.05) is 38.1 Å². The molecule has 0 saturated heterocycles. The number of allylic oxidation sites excluding steroid dienone is 3. The first kappa shape index (κ1) is 21.3. The molecule has 3 atom stereocenters. The summed E-state index contributed by atoms with van der Waals surface area (Å²) < 4.78 is 11.1. The third-order valence-electron chi connectivity index (χ3n) is 5.44. The highest BCUT2D eigenvalue weighted by atomic mass is 79.9. The lowest BCUT2D eigenvalue weighted by Crippen LogP contribution is -2.43. The summed E-state index contributed by atoms with van der Waals surface area (Å²) in [5.74, 6) is -3.03. The molecule has 6 nitrogen and oxygen atoms in total. The van der Waals surface area contributed by atoms with Crippen LogP contribution >= 0.6 is 15.9 Å². The molecule has 0 spiro atoms. The molecule has 2 aliphatic rings. The molecule has 1 N–H and O–H groups in total. The average Bonchev–Trinajstić information content (AvgIpc) is 2.67. The van der Waals surface area contributed by atoms with E-state index in [4.69, 9.17) is 9.47 Å². The number of methoxy groups -OCH3 is 1. The Kier molecular flexibility index (Phi) is 6.27. The van der Waals surface area contributed by atoms with Gasteiger partial charge in [-0.1, -0.05) is 35.0 Å². The summed E-state index contributed by atoms with van der Waals surface area (Å²) in [5.41, 5.74) is 3.03. The molecule has 1 aliphatic carbocycles. The van der Waals surface area contributed by atoms with Gasteiger partial charge in [0.1, 0.15) is 5.92 Å². The molecule has 1 aromatic carbocycles. The Morgan fingerprint density at radius 3 is 2.48 bits per heavy atom. The van der Waals surface area contributed by atoms with E-state index in [9.17, 15) is 14.4 Å². The summed E-state index contributed by atoms with van der Waals surface area (Å²) in [4.78, 5) is 38.6. The van der Waals surface area contributed by atoms with Crippen LogP contribution in [0.4, 0.5) is 0 Å². The van der Waals surface area contributed by atoms with Gasteiger partial charge in [-0.25, -0.2) is 4.79 Å². The van der Waals surface area contributed by atoms with Crippen LogP contribution in [0.2, 0.25) is 0 Å². The summed E-state index contributed by atoms with van der Waals surface area (Å²) >= 11 is 3.42. The van der Waals surface area contributed by atoms with E-state index in [0.29, 0.717) is 23.3 Å². The first-order valence-corrected chi connectivity index (χ1v) is 10.3. The lowest BCUT2D eigenvalue weighted by atomic mass is 9.69.